The van der Waals surface area contributed by atoms with Crippen molar-refractivity contribution in [1.82, 2.24) is 24.1 Å². The Morgan fingerprint density at radius 2 is 0.857 bits per heavy atom. The monoisotopic (exact) mass is 715 g/mol. The Kier molecular flexibility index (Phi) is 7.42. The number of nitrogens with zero attached hydrogens (tertiary/aromatic N) is 5. The van der Waals surface area contributed by atoms with Crippen LogP contribution in [0, 0.1) is 0 Å². The van der Waals surface area contributed by atoms with Crippen molar-refractivity contribution >= 4 is 43.5 Å². The third-order valence-corrected chi connectivity index (χ3v) is 10.8. The zero-order chi connectivity index (χ0) is 37.0. The molecule has 0 fully saturated rings. The Bertz CT molecular complexity index is 3180. The van der Waals surface area contributed by atoms with E-state index < -0.39 is 0 Å². The molecule has 0 radical (unpaired) electrons. The molecule has 0 amide bonds. The Hall–Kier alpha value is -7.63. The van der Waals surface area contributed by atoms with Gasteiger partial charge in [-0.3, -0.25) is 0 Å². The standard InChI is InChI=1S/C51H33N5/c1-4-14-34(15-5-1)49-52-50(35-16-6-2-7-17-35)54-51(53-49)39-20-12-18-36(30-39)37-19-13-23-41(31-37)55-29-28-43-44-33-45-42-24-10-11-25-47(42)56(40-21-8-3-9-22-40)48(45)32-38(44)26-27-46(43)55/h1-33H. The lowest BCUT2D eigenvalue weighted by Gasteiger charge is -2.11. The van der Waals surface area contributed by atoms with Crippen LogP contribution in [0.2, 0.25) is 0 Å². The summed E-state index contributed by atoms with van der Waals surface area (Å²) in [4.78, 5) is 14.8. The molecule has 0 aliphatic carbocycles. The summed E-state index contributed by atoms with van der Waals surface area (Å²) < 4.78 is 4.68. The first-order valence-corrected chi connectivity index (χ1v) is 18.9. The van der Waals surface area contributed by atoms with Crippen LogP contribution >= 0.6 is 0 Å². The predicted octanol–water partition coefficient (Wildman–Crippen LogP) is 12.7. The molecular weight excluding hydrogens is 683 g/mol. The van der Waals surface area contributed by atoms with Crippen molar-refractivity contribution in [2.24, 2.45) is 0 Å². The molecule has 8 aromatic carbocycles. The highest BCUT2D eigenvalue weighted by Crippen LogP contribution is 2.38. The zero-order valence-electron chi connectivity index (χ0n) is 30.3. The number of para-hydroxylation sites is 2. The van der Waals surface area contributed by atoms with Gasteiger partial charge in [-0.15, -0.1) is 0 Å². The summed E-state index contributed by atoms with van der Waals surface area (Å²) >= 11 is 0. The van der Waals surface area contributed by atoms with Gasteiger partial charge in [0.05, 0.1) is 16.6 Å². The molecule has 3 heterocycles. The van der Waals surface area contributed by atoms with Gasteiger partial charge in [0.25, 0.3) is 0 Å². The molecule has 0 spiro atoms. The maximum absolute atomic E-state index is 4.98. The summed E-state index contributed by atoms with van der Waals surface area (Å²) in [6.45, 7) is 0. The van der Waals surface area contributed by atoms with Gasteiger partial charge in [-0.05, 0) is 82.6 Å². The molecule has 0 saturated heterocycles. The average Bonchev–Trinajstić information content (AvgIpc) is 3.86. The molecule has 262 valence electrons. The second-order valence-corrected chi connectivity index (χ2v) is 14.1. The lowest BCUT2D eigenvalue weighted by atomic mass is 10.0. The number of rotatable bonds is 6. The molecular formula is C51H33N5. The fourth-order valence-corrected chi connectivity index (χ4v) is 8.10. The molecule has 5 nitrogen and oxygen atoms in total. The van der Waals surface area contributed by atoms with Crippen LogP contribution in [-0.4, -0.2) is 24.1 Å². The molecule has 56 heavy (non-hydrogen) atoms. The molecule has 3 aromatic heterocycles. The fourth-order valence-electron chi connectivity index (χ4n) is 8.10. The Labute approximate surface area is 323 Å². The van der Waals surface area contributed by atoms with Crippen molar-refractivity contribution in [3.05, 3.63) is 200 Å². The number of benzene rings is 8. The van der Waals surface area contributed by atoms with Crippen molar-refractivity contribution in [3.63, 3.8) is 0 Å². The van der Waals surface area contributed by atoms with E-state index in [0.29, 0.717) is 17.5 Å². The van der Waals surface area contributed by atoms with Gasteiger partial charge in [0.1, 0.15) is 0 Å². The van der Waals surface area contributed by atoms with Gasteiger partial charge in [-0.25, -0.2) is 15.0 Å². The van der Waals surface area contributed by atoms with Crippen LogP contribution in [0.1, 0.15) is 0 Å². The molecule has 11 aromatic rings. The van der Waals surface area contributed by atoms with Crippen LogP contribution in [0.3, 0.4) is 0 Å². The topological polar surface area (TPSA) is 48.5 Å². The second kappa shape index (κ2) is 13.0. The van der Waals surface area contributed by atoms with Crippen LogP contribution in [0.5, 0.6) is 0 Å². The van der Waals surface area contributed by atoms with Crippen LogP contribution in [0.15, 0.2) is 200 Å². The lowest BCUT2D eigenvalue weighted by molar-refractivity contribution is 1.07. The van der Waals surface area contributed by atoms with E-state index in [0.717, 1.165) is 39.2 Å². The minimum Gasteiger partial charge on any atom is -0.317 e. The maximum atomic E-state index is 4.98. The minimum absolute atomic E-state index is 0.639. The van der Waals surface area contributed by atoms with Crippen molar-refractivity contribution in [2.45, 2.75) is 0 Å². The summed E-state index contributed by atoms with van der Waals surface area (Å²) in [5, 5.41) is 6.20. The number of aromatic nitrogens is 5. The first-order chi connectivity index (χ1) is 27.7. The second-order valence-electron chi connectivity index (χ2n) is 14.1. The van der Waals surface area contributed by atoms with Crippen molar-refractivity contribution < 1.29 is 0 Å². The molecule has 0 N–H and O–H groups in total. The molecule has 0 atom stereocenters. The molecule has 0 unspecified atom stereocenters. The number of hydrogen-bond donors (Lipinski definition) is 0. The summed E-state index contributed by atoms with van der Waals surface area (Å²) in [6.07, 6.45) is 2.19. The predicted molar refractivity (Wildman–Crippen MR) is 230 cm³/mol. The molecule has 0 bridgehead atoms. The van der Waals surface area contributed by atoms with Gasteiger partial charge in [-0.1, -0.05) is 133 Å². The SMILES string of the molecule is c1ccc(-c2nc(-c3ccccc3)nc(-c3cccc(-c4cccc(-n5ccc6c7cc8c9ccccc9n(-c9ccccc9)c8cc7ccc65)c4)c3)n2)cc1. The van der Waals surface area contributed by atoms with E-state index >= 15 is 0 Å². The molecule has 5 heteroatoms. The Morgan fingerprint density at radius 3 is 1.59 bits per heavy atom. The summed E-state index contributed by atoms with van der Waals surface area (Å²) in [5.41, 5.74) is 10.9. The third kappa shape index (κ3) is 5.37. The summed E-state index contributed by atoms with van der Waals surface area (Å²) in [7, 11) is 0. The number of hydrogen-bond acceptors (Lipinski definition) is 3. The van der Waals surface area contributed by atoms with E-state index in [4.69, 9.17) is 15.0 Å². The van der Waals surface area contributed by atoms with Gasteiger partial charge in [0.2, 0.25) is 0 Å². The Balaban J connectivity index is 0.998. The van der Waals surface area contributed by atoms with Crippen LogP contribution in [0.25, 0.3) is 100 Å². The van der Waals surface area contributed by atoms with Crippen LogP contribution < -0.4 is 0 Å². The maximum Gasteiger partial charge on any atom is 0.164 e. The Morgan fingerprint density at radius 1 is 0.304 bits per heavy atom. The molecule has 0 aliphatic rings. The molecule has 11 rings (SSSR count). The average molecular weight is 716 g/mol. The minimum atomic E-state index is 0.639. The van der Waals surface area contributed by atoms with Gasteiger partial charge >= 0.3 is 0 Å². The van der Waals surface area contributed by atoms with E-state index in [1.165, 1.54) is 43.5 Å². The highest BCUT2D eigenvalue weighted by molar-refractivity contribution is 6.18. The third-order valence-electron chi connectivity index (χ3n) is 10.8. The summed E-state index contributed by atoms with van der Waals surface area (Å²) in [6, 6.07) is 68.3. The smallest absolute Gasteiger partial charge is 0.164 e. The lowest BCUT2D eigenvalue weighted by Crippen LogP contribution is -2.00. The van der Waals surface area contributed by atoms with E-state index in [9.17, 15) is 0 Å². The van der Waals surface area contributed by atoms with Crippen molar-refractivity contribution in [3.8, 4) is 56.7 Å². The van der Waals surface area contributed by atoms with Crippen LogP contribution in [-0.2, 0) is 0 Å². The van der Waals surface area contributed by atoms with Gasteiger partial charge in [0.15, 0.2) is 17.5 Å². The van der Waals surface area contributed by atoms with Crippen molar-refractivity contribution in [2.75, 3.05) is 0 Å². The van der Waals surface area contributed by atoms with Crippen molar-refractivity contribution in [1.29, 1.82) is 0 Å². The molecule has 0 saturated carbocycles. The first-order valence-electron chi connectivity index (χ1n) is 18.9. The quantitative estimate of drug-likeness (QED) is 0.172. The van der Waals surface area contributed by atoms with Gasteiger partial charge in [-0.2, -0.15) is 0 Å². The highest BCUT2D eigenvalue weighted by atomic mass is 15.0. The normalized spacial score (nSPS) is 11.6. The van der Waals surface area contributed by atoms with E-state index in [1.807, 2.05) is 60.7 Å². The highest BCUT2D eigenvalue weighted by Gasteiger charge is 2.16. The van der Waals surface area contributed by atoms with E-state index in [1.54, 1.807) is 0 Å². The largest absolute Gasteiger partial charge is 0.317 e. The van der Waals surface area contributed by atoms with Crippen LogP contribution in [0.4, 0.5) is 0 Å². The van der Waals surface area contributed by atoms with Gasteiger partial charge in [0, 0.05) is 50.4 Å². The first kappa shape index (κ1) is 31.9. The zero-order valence-corrected chi connectivity index (χ0v) is 30.3. The number of fused-ring (bicyclic) bond motifs is 6. The van der Waals surface area contributed by atoms with E-state index in [2.05, 4.69) is 149 Å². The fraction of sp³-hybridized carbons (Fsp3) is 0. The van der Waals surface area contributed by atoms with E-state index in [-0.39, 0.29) is 0 Å². The summed E-state index contributed by atoms with van der Waals surface area (Å²) in [5.74, 6) is 1.94. The molecule has 0 aliphatic heterocycles. The van der Waals surface area contributed by atoms with Gasteiger partial charge < -0.3 is 9.13 Å².